The van der Waals surface area contributed by atoms with E-state index in [1.165, 1.54) is 0 Å². The largest absolute Gasteiger partial charge is 0.392 e. The van der Waals surface area contributed by atoms with Crippen LogP contribution in [0.3, 0.4) is 0 Å². The summed E-state index contributed by atoms with van der Waals surface area (Å²) in [7, 11) is 0. The minimum atomic E-state index is -0.219. The highest BCUT2D eigenvalue weighted by molar-refractivity contribution is 7.80. The van der Waals surface area contributed by atoms with Gasteiger partial charge in [0.1, 0.15) is 0 Å². The first-order valence-corrected chi connectivity index (χ1v) is 6.45. The molecule has 96 valence electrons. The summed E-state index contributed by atoms with van der Waals surface area (Å²) in [6, 6.07) is 9.37. The molecular formula is C13H17N3OS. The smallest absolute Gasteiger partial charge is 0.315 e. The monoisotopic (exact) mass is 263 g/mol. The number of benzene rings is 1. The zero-order valence-corrected chi connectivity index (χ0v) is 10.9. The van der Waals surface area contributed by atoms with E-state index in [4.69, 9.17) is 18.0 Å². The third-order valence-electron chi connectivity index (χ3n) is 2.98. The van der Waals surface area contributed by atoms with Gasteiger partial charge in [-0.25, -0.2) is 4.79 Å². The van der Waals surface area contributed by atoms with Crippen LogP contribution in [0.25, 0.3) is 0 Å². The Bertz CT molecular complexity index is 431. The number of nitrogens with one attached hydrogen (secondary N) is 2. The van der Waals surface area contributed by atoms with Crippen molar-refractivity contribution in [3.63, 3.8) is 0 Å². The van der Waals surface area contributed by atoms with E-state index in [0.29, 0.717) is 17.5 Å². The molecular weight excluding hydrogens is 246 g/mol. The fourth-order valence-corrected chi connectivity index (χ4v) is 2.07. The van der Waals surface area contributed by atoms with Crippen LogP contribution in [0, 0.1) is 5.92 Å². The van der Waals surface area contributed by atoms with E-state index >= 15 is 0 Å². The summed E-state index contributed by atoms with van der Waals surface area (Å²) in [6.45, 7) is 0.501. The molecule has 1 saturated carbocycles. The zero-order chi connectivity index (χ0) is 13.0. The van der Waals surface area contributed by atoms with Crippen LogP contribution in [0.4, 0.5) is 4.79 Å². The van der Waals surface area contributed by atoms with Crippen LogP contribution in [0.2, 0.25) is 0 Å². The second kappa shape index (κ2) is 5.82. The van der Waals surface area contributed by atoms with Gasteiger partial charge in [0.2, 0.25) is 0 Å². The molecule has 0 aliphatic heterocycles. The minimum absolute atomic E-state index is 0.171. The van der Waals surface area contributed by atoms with Gasteiger partial charge in [-0.2, -0.15) is 0 Å². The topological polar surface area (TPSA) is 67.1 Å². The number of nitrogens with two attached hydrogens (primary N) is 1. The number of carbonyl (C=O) groups excluding carboxylic acids is 1. The molecule has 1 aliphatic carbocycles. The summed E-state index contributed by atoms with van der Waals surface area (Å²) in [6.07, 6.45) is 2.17. The lowest BCUT2D eigenvalue weighted by Crippen LogP contribution is -2.48. The van der Waals surface area contributed by atoms with E-state index < -0.39 is 0 Å². The predicted octanol–water partition coefficient (Wildman–Crippen LogP) is 1.55. The van der Waals surface area contributed by atoms with Crippen molar-refractivity contribution in [1.29, 1.82) is 0 Å². The lowest BCUT2D eigenvalue weighted by atomic mass is 10.2. The zero-order valence-electron chi connectivity index (χ0n) is 10.1. The van der Waals surface area contributed by atoms with Crippen LogP contribution in [0.1, 0.15) is 18.4 Å². The number of amides is 2. The highest BCUT2D eigenvalue weighted by Gasteiger charge is 2.34. The second-order valence-corrected chi connectivity index (χ2v) is 5.00. The molecule has 0 spiro atoms. The third-order valence-corrected chi connectivity index (χ3v) is 3.24. The molecule has 2 amide bonds. The van der Waals surface area contributed by atoms with Gasteiger partial charge in [-0.1, -0.05) is 42.5 Å². The fraction of sp³-hybridized carbons (Fsp3) is 0.385. The Hall–Kier alpha value is -1.62. The molecule has 1 aromatic rings. The van der Waals surface area contributed by atoms with Crippen molar-refractivity contribution < 1.29 is 4.79 Å². The van der Waals surface area contributed by atoms with E-state index in [9.17, 15) is 4.79 Å². The van der Waals surface area contributed by atoms with E-state index in [1.807, 2.05) is 30.3 Å². The highest BCUT2D eigenvalue weighted by Crippen LogP contribution is 2.32. The van der Waals surface area contributed by atoms with Gasteiger partial charge in [0.05, 0.1) is 11.0 Å². The lowest BCUT2D eigenvalue weighted by molar-refractivity contribution is 0.238. The number of carbonyl (C=O) groups is 1. The molecule has 0 saturated heterocycles. The quantitative estimate of drug-likeness (QED) is 0.706. The molecule has 1 atom stereocenters. The number of hydrogen-bond acceptors (Lipinski definition) is 2. The maximum absolute atomic E-state index is 11.7. The van der Waals surface area contributed by atoms with Gasteiger partial charge >= 0.3 is 6.03 Å². The van der Waals surface area contributed by atoms with E-state index in [2.05, 4.69) is 10.6 Å². The van der Waals surface area contributed by atoms with E-state index in [0.717, 1.165) is 18.4 Å². The molecule has 4 N–H and O–H groups in total. The first kappa shape index (κ1) is 12.8. The molecule has 5 heteroatoms. The highest BCUT2D eigenvalue weighted by atomic mass is 32.1. The fourth-order valence-electron chi connectivity index (χ4n) is 1.82. The predicted molar refractivity (Wildman–Crippen MR) is 75.1 cm³/mol. The summed E-state index contributed by atoms with van der Waals surface area (Å²) >= 11 is 4.96. The maximum Gasteiger partial charge on any atom is 0.315 e. The van der Waals surface area contributed by atoms with Crippen molar-refractivity contribution in [2.24, 2.45) is 11.7 Å². The third kappa shape index (κ3) is 3.70. The van der Waals surface area contributed by atoms with Crippen LogP contribution in [0.5, 0.6) is 0 Å². The van der Waals surface area contributed by atoms with Gasteiger partial charge in [0.25, 0.3) is 0 Å². The first-order valence-electron chi connectivity index (χ1n) is 6.04. The molecule has 0 radical (unpaired) electrons. The Kier molecular flexibility index (Phi) is 4.15. The van der Waals surface area contributed by atoms with Crippen molar-refractivity contribution >= 4 is 23.2 Å². The Morgan fingerprint density at radius 2 is 2.06 bits per heavy atom. The normalized spacial score (nSPS) is 15.8. The molecule has 18 heavy (non-hydrogen) atoms. The minimum Gasteiger partial charge on any atom is -0.392 e. The summed E-state index contributed by atoms with van der Waals surface area (Å²) in [5.41, 5.74) is 6.68. The van der Waals surface area contributed by atoms with Crippen molar-refractivity contribution in [3.05, 3.63) is 35.9 Å². The molecule has 1 aromatic carbocycles. The lowest BCUT2D eigenvalue weighted by Gasteiger charge is -2.17. The molecule has 0 heterocycles. The van der Waals surface area contributed by atoms with Crippen molar-refractivity contribution in [2.45, 2.75) is 25.4 Å². The molecule has 1 aliphatic rings. The standard InChI is InChI=1S/C13H17N3OS/c14-12(18)11(10-6-7-10)16-13(17)15-8-9-4-2-1-3-5-9/h1-5,10-11H,6-8H2,(H2,14,18)(H2,15,16,17). The molecule has 0 aromatic heterocycles. The van der Waals surface area contributed by atoms with Crippen molar-refractivity contribution in [2.75, 3.05) is 0 Å². The summed E-state index contributed by atoms with van der Waals surface area (Å²) in [5.74, 6) is 0.421. The number of rotatable bonds is 5. The molecule has 1 unspecified atom stereocenters. The second-order valence-electron chi connectivity index (χ2n) is 4.53. The summed E-state index contributed by atoms with van der Waals surface area (Å²) in [4.78, 5) is 12.1. The Morgan fingerprint density at radius 3 is 2.61 bits per heavy atom. The summed E-state index contributed by atoms with van der Waals surface area (Å²) < 4.78 is 0. The maximum atomic E-state index is 11.7. The van der Waals surface area contributed by atoms with Gasteiger partial charge in [-0.15, -0.1) is 0 Å². The van der Waals surface area contributed by atoms with E-state index in [-0.39, 0.29) is 12.1 Å². The Labute approximate surface area is 112 Å². The van der Waals surface area contributed by atoms with Gasteiger partial charge in [-0.05, 0) is 24.3 Å². The van der Waals surface area contributed by atoms with Crippen LogP contribution in [-0.4, -0.2) is 17.1 Å². The molecule has 4 nitrogen and oxygen atoms in total. The van der Waals surface area contributed by atoms with Crippen LogP contribution in [-0.2, 0) is 6.54 Å². The van der Waals surface area contributed by atoms with Crippen LogP contribution < -0.4 is 16.4 Å². The number of hydrogen-bond donors (Lipinski definition) is 3. The molecule has 1 fully saturated rings. The van der Waals surface area contributed by atoms with Crippen molar-refractivity contribution in [3.8, 4) is 0 Å². The Balaban J connectivity index is 1.79. The van der Waals surface area contributed by atoms with Gasteiger partial charge in [-0.3, -0.25) is 0 Å². The van der Waals surface area contributed by atoms with Crippen molar-refractivity contribution in [1.82, 2.24) is 10.6 Å². The van der Waals surface area contributed by atoms with Crippen LogP contribution in [0.15, 0.2) is 30.3 Å². The van der Waals surface area contributed by atoms with Gasteiger partial charge in [0.15, 0.2) is 0 Å². The Morgan fingerprint density at radius 1 is 1.39 bits per heavy atom. The van der Waals surface area contributed by atoms with Crippen LogP contribution >= 0.6 is 12.2 Å². The average molecular weight is 263 g/mol. The SMILES string of the molecule is NC(=S)C(NC(=O)NCc1ccccc1)C1CC1. The summed E-state index contributed by atoms with van der Waals surface area (Å²) in [5, 5.41) is 5.63. The van der Waals surface area contributed by atoms with E-state index in [1.54, 1.807) is 0 Å². The van der Waals surface area contributed by atoms with Gasteiger partial charge < -0.3 is 16.4 Å². The number of thiocarbonyl (C=S) groups is 1. The average Bonchev–Trinajstić information content (AvgIpc) is 3.18. The number of urea groups is 1. The molecule has 2 rings (SSSR count). The first-order chi connectivity index (χ1) is 8.66. The van der Waals surface area contributed by atoms with Gasteiger partial charge in [0, 0.05) is 6.54 Å². The molecule has 0 bridgehead atoms.